The number of benzene rings is 2. The molecule has 0 amide bonds. The van der Waals surface area contributed by atoms with Crippen molar-refractivity contribution < 1.29 is 9.22 Å². The smallest absolute Gasteiger partial charge is 0.319 e. The third-order valence-corrected chi connectivity index (χ3v) is 9.88. The molecule has 25 heavy (non-hydrogen) atoms. The SMILES string of the molecule is CC(C)(C)[Si](OC1=CCC(=O)CC1)(c1ccccc1)c1ccccc1. The van der Waals surface area contributed by atoms with E-state index in [0.717, 1.165) is 5.76 Å². The number of rotatable bonds is 4. The fraction of sp³-hybridized carbons (Fsp3) is 0.318. The molecule has 3 rings (SSSR count). The van der Waals surface area contributed by atoms with Gasteiger partial charge in [-0.15, -0.1) is 0 Å². The Balaban J connectivity index is 2.17. The minimum Gasteiger partial charge on any atom is -0.537 e. The first kappa shape index (κ1) is 17.7. The monoisotopic (exact) mass is 350 g/mol. The number of ketones is 1. The highest BCUT2D eigenvalue weighted by Gasteiger charge is 2.52. The van der Waals surface area contributed by atoms with E-state index in [0.29, 0.717) is 25.0 Å². The van der Waals surface area contributed by atoms with Gasteiger partial charge in [0.1, 0.15) is 5.78 Å². The second-order valence-corrected chi connectivity index (χ2v) is 11.9. The highest BCUT2D eigenvalue weighted by Crippen LogP contribution is 2.39. The summed E-state index contributed by atoms with van der Waals surface area (Å²) in [5, 5.41) is 2.50. The topological polar surface area (TPSA) is 26.3 Å². The number of carbonyl (C=O) groups excluding carboxylic acids is 1. The number of carbonyl (C=O) groups is 1. The standard InChI is InChI=1S/C22H26O2Si/c1-22(2,3)25(20-10-6-4-7-11-20,21-12-8-5-9-13-21)24-19-16-14-18(23)15-17-19/h4-13,16H,14-15,17H2,1-3H3. The Hall–Kier alpha value is -2.13. The molecule has 1 aliphatic carbocycles. The van der Waals surface area contributed by atoms with Crippen LogP contribution in [0.25, 0.3) is 0 Å². The second kappa shape index (κ2) is 7.01. The zero-order valence-electron chi connectivity index (χ0n) is 15.3. The van der Waals surface area contributed by atoms with Crippen molar-refractivity contribution in [2.24, 2.45) is 0 Å². The summed E-state index contributed by atoms with van der Waals surface area (Å²) < 4.78 is 6.91. The minimum atomic E-state index is -2.54. The van der Waals surface area contributed by atoms with Gasteiger partial charge in [-0.25, -0.2) is 0 Å². The second-order valence-electron chi connectivity index (χ2n) is 7.68. The predicted molar refractivity (Wildman–Crippen MR) is 106 cm³/mol. The van der Waals surface area contributed by atoms with Gasteiger partial charge in [-0.2, -0.15) is 0 Å². The van der Waals surface area contributed by atoms with Gasteiger partial charge in [-0.1, -0.05) is 81.4 Å². The van der Waals surface area contributed by atoms with Gasteiger partial charge in [-0.05, 0) is 21.5 Å². The van der Waals surface area contributed by atoms with E-state index in [1.165, 1.54) is 10.4 Å². The van der Waals surface area contributed by atoms with E-state index in [1.54, 1.807) is 0 Å². The molecule has 0 aliphatic heterocycles. The molecular weight excluding hydrogens is 324 g/mol. The van der Waals surface area contributed by atoms with E-state index in [1.807, 2.05) is 6.08 Å². The van der Waals surface area contributed by atoms with Crippen LogP contribution in [0.1, 0.15) is 40.0 Å². The quantitative estimate of drug-likeness (QED) is 0.773. The van der Waals surface area contributed by atoms with Crippen LogP contribution >= 0.6 is 0 Å². The molecule has 0 heterocycles. The molecule has 0 spiro atoms. The van der Waals surface area contributed by atoms with Crippen molar-refractivity contribution >= 4 is 24.5 Å². The maximum absolute atomic E-state index is 11.6. The molecule has 0 unspecified atom stereocenters. The van der Waals surface area contributed by atoms with Crippen molar-refractivity contribution in [3.8, 4) is 0 Å². The molecule has 0 bridgehead atoms. The van der Waals surface area contributed by atoms with Crippen molar-refractivity contribution in [3.05, 3.63) is 72.5 Å². The third-order valence-electron chi connectivity index (χ3n) is 4.91. The van der Waals surface area contributed by atoms with Gasteiger partial charge in [0, 0.05) is 19.3 Å². The lowest BCUT2D eigenvalue weighted by atomic mass is 10.1. The van der Waals surface area contributed by atoms with Gasteiger partial charge in [0.05, 0.1) is 5.76 Å². The molecule has 2 aromatic carbocycles. The first-order valence-corrected chi connectivity index (χ1v) is 10.8. The van der Waals surface area contributed by atoms with Crippen molar-refractivity contribution in [3.63, 3.8) is 0 Å². The summed E-state index contributed by atoms with van der Waals surface area (Å²) in [6.45, 7) is 6.81. The Bertz CT molecular complexity index is 718. The van der Waals surface area contributed by atoms with Crippen LogP contribution in [-0.4, -0.2) is 14.1 Å². The van der Waals surface area contributed by atoms with Gasteiger partial charge in [0.25, 0.3) is 0 Å². The molecule has 0 saturated heterocycles. The van der Waals surface area contributed by atoms with Crippen LogP contribution in [-0.2, 0) is 9.22 Å². The van der Waals surface area contributed by atoms with Crippen molar-refractivity contribution in [2.45, 2.75) is 45.1 Å². The van der Waals surface area contributed by atoms with Gasteiger partial charge in [0.15, 0.2) is 0 Å². The third kappa shape index (κ3) is 3.47. The summed E-state index contributed by atoms with van der Waals surface area (Å²) >= 11 is 0. The lowest BCUT2D eigenvalue weighted by Crippen LogP contribution is -2.66. The molecule has 3 heteroatoms. The van der Waals surface area contributed by atoms with Crippen LogP contribution in [0.4, 0.5) is 0 Å². The van der Waals surface area contributed by atoms with Crippen LogP contribution in [0, 0.1) is 0 Å². The van der Waals surface area contributed by atoms with Crippen molar-refractivity contribution in [1.29, 1.82) is 0 Å². The van der Waals surface area contributed by atoms with E-state index >= 15 is 0 Å². The van der Waals surface area contributed by atoms with Crippen LogP contribution in [0.5, 0.6) is 0 Å². The highest BCUT2D eigenvalue weighted by molar-refractivity contribution is 6.99. The van der Waals surface area contributed by atoms with Crippen molar-refractivity contribution in [1.82, 2.24) is 0 Å². The highest BCUT2D eigenvalue weighted by atomic mass is 28.4. The molecule has 0 fully saturated rings. The average molecular weight is 351 g/mol. The minimum absolute atomic E-state index is 0.0436. The number of allylic oxidation sites excluding steroid dienone is 2. The Kier molecular flexibility index (Phi) is 4.95. The van der Waals surface area contributed by atoms with Gasteiger partial charge in [-0.3, -0.25) is 4.79 Å². The van der Waals surface area contributed by atoms with Crippen LogP contribution < -0.4 is 10.4 Å². The molecule has 1 aliphatic rings. The fourth-order valence-electron chi connectivity index (χ4n) is 3.63. The Morgan fingerprint density at radius 2 is 1.36 bits per heavy atom. The summed E-state index contributed by atoms with van der Waals surface area (Å²) in [5.74, 6) is 1.28. The van der Waals surface area contributed by atoms with Gasteiger partial charge in [0.2, 0.25) is 0 Å². The number of hydrogen-bond acceptors (Lipinski definition) is 2. The fourth-order valence-corrected chi connectivity index (χ4v) is 8.14. The predicted octanol–water partition coefficient (Wildman–Crippen LogP) is 4.20. The van der Waals surface area contributed by atoms with E-state index in [9.17, 15) is 4.79 Å². The van der Waals surface area contributed by atoms with Gasteiger partial charge >= 0.3 is 8.32 Å². The van der Waals surface area contributed by atoms with E-state index in [2.05, 4.69) is 81.4 Å². The van der Waals surface area contributed by atoms with Crippen molar-refractivity contribution in [2.75, 3.05) is 0 Å². The first-order chi connectivity index (χ1) is 11.9. The van der Waals surface area contributed by atoms with Crippen LogP contribution in [0.2, 0.25) is 5.04 Å². The summed E-state index contributed by atoms with van der Waals surface area (Å²) in [6.07, 6.45) is 3.78. The largest absolute Gasteiger partial charge is 0.537 e. The maximum atomic E-state index is 11.6. The average Bonchev–Trinajstić information content (AvgIpc) is 2.62. The first-order valence-electron chi connectivity index (χ1n) is 8.94. The lowest BCUT2D eigenvalue weighted by molar-refractivity contribution is -0.118. The molecular formula is C22H26O2Si. The summed E-state index contributed by atoms with van der Waals surface area (Å²) in [5.41, 5.74) is 0. The van der Waals surface area contributed by atoms with E-state index in [4.69, 9.17) is 4.43 Å². The molecule has 2 aromatic rings. The summed E-state index contributed by atoms with van der Waals surface area (Å²) in [4.78, 5) is 11.6. The van der Waals surface area contributed by atoms with Crippen LogP contribution in [0.3, 0.4) is 0 Å². The molecule has 0 aromatic heterocycles. The molecule has 130 valence electrons. The molecule has 0 atom stereocenters. The molecule has 2 nitrogen and oxygen atoms in total. The zero-order chi connectivity index (χ0) is 17.9. The maximum Gasteiger partial charge on any atom is 0.319 e. The number of hydrogen-bond donors (Lipinski definition) is 0. The Labute approximate surface area is 151 Å². The normalized spacial score (nSPS) is 15.6. The van der Waals surface area contributed by atoms with E-state index < -0.39 is 8.32 Å². The Morgan fingerprint density at radius 3 is 1.76 bits per heavy atom. The molecule has 0 radical (unpaired) electrons. The molecule has 0 N–H and O–H groups in total. The summed E-state index contributed by atoms with van der Waals surface area (Å²) in [7, 11) is -2.54. The zero-order valence-corrected chi connectivity index (χ0v) is 16.3. The lowest BCUT2D eigenvalue weighted by Gasteiger charge is -2.44. The van der Waals surface area contributed by atoms with Crippen LogP contribution in [0.15, 0.2) is 72.5 Å². The molecule has 0 saturated carbocycles. The number of Topliss-reactive ketones (excluding diaryl/α,β-unsaturated/α-hetero) is 1. The Morgan fingerprint density at radius 1 is 0.840 bits per heavy atom. The summed E-state index contributed by atoms with van der Waals surface area (Å²) in [6, 6.07) is 21.2. The van der Waals surface area contributed by atoms with Gasteiger partial charge < -0.3 is 4.43 Å². The van der Waals surface area contributed by atoms with E-state index in [-0.39, 0.29) is 5.04 Å².